The van der Waals surface area contributed by atoms with Crippen LogP contribution in [0.15, 0.2) is 24.3 Å². The fourth-order valence-corrected chi connectivity index (χ4v) is 3.46. The first-order chi connectivity index (χ1) is 12.5. The summed E-state index contributed by atoms with van der Waals surface area (Å²) in [7, 11) is 0. The normalized spacial score (nSPS) is 16.8. The number of nitrogens with one attached hydrogen (secondary N) is 1. The fraction of sp³-hybridized carbons (Fsp3) is 0.667. The summed E-state index contributed by atoms with van der Waals surface area (Å²) < 4.78 is 5.45. The van der Waals surface area contributed by atoms with E-state index in [-0.39, 0.29) is 5.91 Å². The SMILES string of the molecule is CCN(CC)Cc1ccc(C(=O)NCC(C(C)C)N2CCOCC2)cc1. The van der Waals surface area contributed by atoms with Crippen molar-refractivity contribution in [3.63, 3.8) is 0 Å². The molecule has 1 N–H and O–H groups in total. The van der Waals surface area contributed by atoms with E-state index in [9.17, 15) is 4.79 Å². The molecule has 1 unspecified atom stereocenters. The summed E-state index contributed by atoms with van der Waals surface area (Å²) in [5, 5.41) is 3.13. The molecule has 2 rings (SSSR count). The molecule has 1 saturated heterocycles. The van der Waals surface area contributed by atoms with Crippen LogP contribution in [0.3, 0.4) is 0 Å². The van der Waals surface area contributed by atoms with Crippen molar-refractivity contribution in [2.75, 3.05) is 45.9 Å². The molecule has 1 heterocycles. The van der Waals surface area contributed by atoms with Crippen LogP contribution in [0.2, 0.25) is 0 Å². The van der Waals surface area contributed by atoms with Gasteiger partial charge in [-0.15, -0.1) is 0 Å². The van der Waals surface area contributed by atoms with Gasteiger partial charge in [-0.25, -0.2) is 0 Å². The zero-order valence-electron chi connectivity index (χ0n) is 16.8. The van der Waals surface area contributed by atoms with Crippen molar-refractivity contribution in [1.82, 2.24) is 15.1 Å². The van der Waals surface area contributed by atoms with E-state index in [0.717, 1.165) is 51.5 Å². The lowest BCUT2D eigenvalue weighted by atomic mass is 10.0. The molecule has 146 valence electrons. The van der Waals surface area contributed by atoms with E-state index in [2.05, 4.69) is 54.9 Å². The van der Waals surface area contributed by atoms with Crippen LogP contribution in [0.25, 0.3) is 0 Å². The fourth-order valence-electron chi connectivity index (χ4n) is 3.46. The maximum absolute atomic E-state index is 12.5. The summed E-state index contributed by atoms with van der Waals surface area (Å²) in [4.78, 5) is 17.3. The Kier molecular flexibility index (Phi) is 8.55. The Morgan fingerprint density at radius 1 is 1.15 bits per heavy atom. The predicted octanol–water partition coefficient (Wildman–Crippen LogP) is 2.62. The maximum atomic E-state index is 12.5. The van der Waals surface area contributed by atoms with E-state index in [1.807, 2.05) is 12.1 Å². The van der Waals surface area contributed by atoms with Crippen molar-refractivity contribution in [2.45, 2.75) is 40.3 Å². The standard InChI is InChI=1S/C21H35N3O2/c1-5-23(6-2)16-18-7-9-19(10-8-18)21(25)22-15-20(17(3)4)24-11-13-26-14-12-24/h7-10,17,20H,5-6,11-16H2,1-4H3,(H,22,25). The van der Waals surface area contributed by atoms with Crippen LogP contribution < -0.4 is 5.32 Å². The zero-order chi connectivity index (χ0) is 18.9. The minimum Gasteiger partial charge on any atom is -0.379 e. The minimum atomic E-state index is 0.0123. The Bertz CT molecular complexity index is 535. The highest BCUT2D eigenvalue weighted by molar-refractivity contribution is 5.94. The Morgan fingerprint density at radius 3 is 2.31 bits per heavy atom. The van der Waals surface area contributed by atoms with E-state index in [1.54, 1.807) is 0 Å². The quantitative estimate of drug-likeness (QED) is 0.734. The highest BCUT2D eigenvalue weighted by atomic mass is 16.5. The van der Waals surface area contributed by atoms with E-state index >= 15 is 0 Å². The molecule has 1 fully saturated rings. The maximum Gasteiger partial charge on any atom is 0.251 e. The van der Waals surface area contributed by atoms with Crippen molar-refractivity contribution >= 4 is 5.91 Å². The first-order valence-corrected chi connectivity index (χ1v) is 9.96. The van der Waals surface area contributed by atoms with Gasteiger partial charge in [0.1, 0.15) is 0 Å². The highest BCUT2D eigenvalue weighted by Gasteiger charge is 2.24. The Labute approximate surface area is 158 Å². The van der Waals surface area contributed by atoms with Crippen molar-refractivity contribution < 1.29 is 9.53 Å². The van der Waals surface area contributed by atoms with Crippen molar-refractivity contribution in [3.05, 3.63) is 35.4 Å². The van der Waals surface area contributed by atoms with E-state index < -0.39 is 0 Å². The summed E-state index contributed by atoms with van der Waals surface area (Å²) >= 11 is 0. The van der Waals surface area contributed by atoms with Crippen LogP contribution in [0, 0.1) is 5.92 Å². The molecule has 1 atom stereocenters. The zero-order valence-corrected chi connectivity index (χ0v) is 16.8. The van der Waals surface area contributed by atoms with Gasteiger partial charge in [0.25, 0.3) is 5.91 Å². The number of morpholine rings is 1. The van der Waals surface area contributed by atoms with Gasteiger partial charge in [0.2, 0.25) is 0 Å². The number of rotatable bonds is 9. The van der Waals surface area contributed by atoms with Crippen LogP contribution in [0.5, 0.6) is 0 Å². The molecule has 0 saturated carbocycles. The molecule has 1 aromatic carbocycles. The molecular weight excluding hydrogens is 326 g/mol. The topological polar surface area (TPSA) is 44.8 Å². The smallest absolute Gasteiger partial charge is 0.251 e. The molecule has 5 heteroatoms. The van der Waals surface area contributed by atoms with E-state index in [0.29, 0.717) is 18.5 Å². The van der Waals surface area contributed by atoms with E-state index in [1.165, 1.54) is 5.56 Å². The molecule has 1 aliphatic heterocycles. The van der Waals surface area contributed by atoms with Gasteiger partial charge in [-0.3, -0.25) is 14.6 Å². The van der Waals surface area contributed by atoms with Gasteiger partial charge in [-0.2, -0.15) is 0 Å². The molecule has 26 heavy (non-hydrogen) atoms. The van der Waals surface area contributed by atoms with Gasteiger partial charge in [-0.05, 0) is 36.7 Å². The summed E-state index contributed by atoms with van der Waals surface area (Å²) in [5.74, 6) is 0.503. The highest BCUT2D eigenvalue weighted by Crippen LogP contribution is 2.13. The lowest BCUT2D eigenvalue weighted by Gasteiger charge is -2.36. The average molecular weight is 362 g/mol. The summed E-state index contributed by atoms with van der Waals surface area (Å²) in [5.41, 5.74) is 1.98. The van der Waals surface area contributed by atoms with Crippen LogP contribution >= 0.6 is 0 Å². The molecule has 0 aliphatic carbocycles. The van der Waals surface area contributed by atoms with Crippen molar-refractivity contribution in [3.8, 4) is 0 Å². The third-order valence-electron chi connectivity index (χ3n) is 5.27. The third-order valence-corrected chi connectivity index (χ3v) is 5.27. The number of benzene rings is 1. The third kappa shape index (κ3) is 6.08. The number of hydrogen-bond donors (Lipinski definition) is 1. The van der Waals surface area contributed by atoms with Gasteiger partial charge in [-0.1, -0.05) is 39.8 Å². The monoisotopic (exact) mass is 361 g/mol. The molecule has 0 radical (unpaired) electrons. The van der Waals surface area contributed by atoms with Crippen molar-refractivity contribution in [1.29, 1.82) is 0 Å². The average Bonchev–Trinajstić information content (AvgIpc) is 2.67. The second-order valence-corrected chi connectivity index (χ2v) is 7.33. The number of carbonyl (C=O) groups is 1. The molecule has 1 aromatic rings. The van der Waals surface area contributed by atoms with Crippen molar-refractivity contribution in [2.24, 2.45) is 5.92 Å². The van der Waals surface area contributed by atoms with Crippen LogP contribution in [-0.4, -0.2) is 67.7 Å². The Hall–Kier alpha value is -1.43. The van der Waals surface area contributed by atoms with Crippen LogP contribution in [-0.2, 0) is 11.3 Å². The second-order valence-electron chi connectivity index (χ2n) is 7.33. The largest absolute Gasteiger partial charge is 0.379 e. The number of carbonyl (C=O) groups excluding carboxylic acids is 1. The lowest BCUT2D eigenvalue weighted by molar-refractivity contribution is 0.00673. The van der Waals surface area contributed by atoms with Crippen LogP contribution in [0.1, 0.15) is 43.6 Å². The van der Waals surface area contributed by atoms with Gasteiger partial charge in [0.15, 0.2) is 0 Å². The number of hydrogen-bond acceptors (Lipinski definition) is 4. The van der Waals surface area contributed by atoms with Gasteiger partial charge in [0, 0.05) is 37.8 Å². The number of nitrogens with zero attached hydrogens (tertiary/aromatic N) is 2. The van der Waals surface area contributed by atoms with Gasteiger partial charge >= 0.3 is 0 Å². The Balaban J connectivity index is 1.89. The number of amides is 1. The number of ether oxygens (including phenoxy) is 1. The van der Waals surface area contributed by atoms with E-state index in [4.69, 9.17) is 4.74 Å². The first kappa shape index (κ1) is 20.9. The van der Waals surface area contributed by atoms with Crippen LogP contribution in [0.4, 0.5) is 0 Å². The Morgan fingerprint density at radius 2 is 1.77 bits per heavy atom. The summed E-state index contributed by atoms with van der Waals surface area (Å²) in [6.07, 6.45) is 0. The second kappa shape index (κ2) is 10.7. The summed E-state index contributed by atoms with van der Waals surface area (Å²) in [6.45, 7) is 15.9. The molecule has 5 nitrogen and oxygen atoms in total. The molecule has 0 aromatic heterocycles. The molecule has 0 spiro atoms. The molecule has 1 amide bonds. The molecular formula is C21H35N3O2. The van der Waals surface area contributed by atoms with Gasteiger partial charge in [0.05, 0.1) is 13.2 Å². The lowest BCUT2D eigenvalue weighted by Crippen LogP contribution is -2.51. The molecule has 0 bridgehead atoms. The minimum absolute atomic E-state index is 0.0123. The summed E-state index contributed by atoms with van der Waals surface area (Å²) in [6, 6.07) is 8.36. The molecule has 1 aliphatic rings. The first-order valence-electron chi connectivity index (χ1n) is 9.96. The predicted molar refractivity (Wildman–Crippen MR) is 106 cm³/mol. The van der Waals surface area contributed by atoms with Gasteiger partial charge < -0.3 is 10.1 Å².